The van der Waals surface area contributed by atoms with Gasteiger partial charge in [0, 0.05) is 19.3 Å². The summed E-state index contributed by atoms with van der Waals surface area (Å²) in [5.74, 6) is -1.73. The zero-order valence-corrected chi connectivity index (χ0v) is 13.1. The van der Waals surface area contributed by atoms with Gasteiger partial charge >= 0.3 is 0 Å². The second-order valence-corrected chi connectivity index (χ2v) is 6.46. The van der Waals surface area contributed by atoms with Crippen LogP contribution >= 0.6 is 15.9 Å². The Labute approximate surface area is 128 Å². The molecular weight excluding hydrogens is 368 g/mol. The zero-order chi connectivity index (χ0) is 15.6. The van der Waals surface area contributed by atoms with E-state index in [-0.39, 0.29) is 20.9 Å². The molecule has 0 fully saturated rings. The summed E-state index contributed by atoms with van der Waals surface area (Å²) in [7, 11) is -2.56. The Morgan fingerprint density at radius 2 is 1.95 bits per heavy atom. The van der Waals surface area contributed by atoms with Gasteiger partial charge in [0.1, 0.15) is 22.3 Å². The number of benzene rings is 1. The first kappa shape index (κ1) is 15.6. The molecule has 21 heavy (non-hydrogen) atoms. The fourth-order valence-electron chi connectivity index (χ4n) is 1.60. The first-order valence-corrected chi connectivity index (χ1v) is 7.93. The van der Waals surface area contributed by atoms with E-state index in [9.17, 15) is 17.2 Å². The van der Waals surface area contributed by atoms with Crippen LogP contribution in [0.2, 0.25) is 0 Å². The minimum Gasteiger partial charge on any atom is -0.372 e. The summed E-state index contributed by atoms with van der Waals surface area (Å²) in [6.07, 6.45) is 1.42. The van der Waals surface area contributed by atoms with Gasteiger partial charge in [-0.05, 0) is 34.1 Å². The SMILES string of the molecule is CNc1ncccc1S(=O)(=O)Nc1cc(Br)c(F)cc1F. The second kappa shape index (κ2) is 5.94. The summed E-state index contributed by atoms with van der Waals surface area (Å²) < 4.78 is 53.3. The van der Waals surface area contributed by atoms with E-state index < -0.39 is 21.7 Å². The Balaban J connectivity index is 2.45. The van der Waals surface area contributed by atoms with Gasteiger partial charge in [-0.2, -0.15) is 0 Å². The number of rotatable bonds is 4. The fraction of sp³-hybridized carbons (Fsp3) is 0.0833. The standard InChI is InChI=1S/C12H10BrF2N3O2S/c1-16-12-11(3-2-4-17-12)21(19,20)18-10-5-7(13)8(14)6-9(10)15/h2-6,18H,1H3,(H,16,17). The Morgan fingerprint density at radius 1 is 1.24 bits per heavy atom. The number of aromatic nitrogens is 1. The Hall–Kier alpha value is -1.74. The molecule has 0 unspecified atom stereocenters. The third-order valence-corrected chi connectivity index (χ3v) is 4.56. The lowest BCUT2D eigenvalue weighted by Crippen LogP contribution is -2.16. The summed E-state index contributed by atoms with van der Waals surface area (Å²) in [4.78, 5) is 3.72. The van der Waals surface area contributed by atoms with Crippen molar-refractivity contribution in [1.82, 2.24) is 4.98 Å². The highest BCUT2D eigenvalue weighted by Gasteiger charge is 2.21. The van der Waals surface area contributed by atoms with Crippen molar-refractivity contribution in [3.63, 3.8) is 0 Å². The highest BCUT2D eigenvalue weighted by Crippen LogP contribution is 2.27. The van der Waals surface area contributed by atoms with Crippen molar-refractivity contribution in [2.24, 2.45) is 0 Å². The molecule has 112 valence electrons. The van der Waals surface area contributed by atoms with Crippen molar-refractivity contribution < 1.29 is 17.2 Å². The normalized spacial score (nSPS) is 11.2. The summed E-state index contributed by atoms with van der Waals surface area (Å²) in [5, 5.41) is 2.63. The van der Waals surface area contributed by atoms with Gasteiger partial charge in [0.25, 0.3) is 10.0 Å². The number of nitrogens with one attached hydrogen (secondary N) is 2. The van der Waals surface area contributed by atoms with E-state index in [2.05, 4.69) is 31.0 Å². The molecule has 2 N–H and O–H groups in total. The topological polar surface area (TPSA) is 71.1 Å². The van der Waals surface area contributed by atoms with E-state index in [1.54, 1.807) is 0 Å². The minimum atomic E-state index is -4.07. The molecule has 9 heteroatoms. The van der Waals surface area contributed by atoms with Crippen LogP contribution in [0.4, 0.5) is 20.3 Å². The molecule has 0 aliphatic carbocycles. The van der Waals surface area contributed by atoms with E-state index >= 15 is 0 Å². The molecule has 0 amide bonds. The van der Waals surface area contributed by atoms with E-state index in [0.717, 1.165) is 6.07 Å². The van der Waals surface area contributed by atoms with E-state index in [4.69, 9.17) is 0 Å². The molecule has 5 nitrogen and oxygen atoms in total. The molecule has 0 saturated carbocycles. The average molecular weight is 378 g/mol. The lowest BCUT2D eigenvalue weighted by atomic mass is 10.3. The predicted octanol–water partition coefficient (Wildman–Crippen LogP) is 2.96. The van der Waals surface area contributed by atoms with Crippen LogP contribution in [-0.4, -0.2) is 20.4 Å². The van der Waals surface area contributed by atoms with Gasteiger partial charge in [-0.15, -0.1) is 0 Å². The quantitative estimate of drug-likeness (QED) is 0.803. The predicted molar refractivity (Wildman–Crippen MR) is 78.7 cm³/mol. The van der Waals surface area contributed by atoms with Crippen molar-refractivity contribution in [2.45, 2.75) is 4.90 Å². The van der Waals surface area contributed by atoms with E-state index in [1.807, 2.05) is 0 Å². The lowest BCUT2D eigenvalue weighted by Gasteiger charge is -2.12. The number of halogens is 3. The van der Waals surface area contributed by atoms with Crippen LogP contribution < -0.4 is 10.0 Å². The first-order chi connectivity index (χ1) is 9.85. The highest BCUT2D eigenvalue weighted by atomic mass is 79.9. The number of hydrogen-bond donors (Lipinski definition) is 2. The number of hydrogen-bond acceptors (Lipinski definition) is 4. The third-order valence-electron chi connectivity index (χ3n) is 2.55. The summed E-state index contributed by atoms with van der Waals surface area (Å²) in [6.45, 7) is 0. The maximum atomic E-state index is 13.6. The average Bonchev–Trinajstić information content (AvgIpc) is 2.44. The van der Waals surface area contributed by atoms with Crippen molar-refractivity contribution in [2.75, 3.05) is 17.1 Å². The monoisotopic (exact) mass is 377 g/mol. The molecular formula is C12H10BrF2N3O2S. The molecule has 0 bridgehead atoms. The van der Waals surface area contributed by atoms with Gasteiger partial charge in [0.05, 0.1) is 10.2 Å². The molecule has 0 aliphatic heterocycles. The van der Waals surface area contributed by atoms with Crippen LogP contribution in [0, 0.1) is 11.6 Å². The van der Waals surface area contributed by atoms with Crippen molar-refractivity contribution in [3.8, 4) is 0 Å². The third kappa shape index (κ3) is 3.30. The Kier molecular flexibility index (Phi) is 4.43. The van der Waals surface area contributed by atoms with Gasteiger partial charge in [0.15, 0.2) is 0 Å². The molecule has 0 radical (unpaired) electrons. The lowest BCUT2D eigenvalue weighted by molar-refractivity contribution is 0.579. The van der Waals surface area contributed by atoms with E-state index in [0.29, 0.717) is 6.07 Å². The van der Waals surface area contributed by atoms with Crippen molar-refractivity contribution >= 4 is 37.5 Å². The smallest absolute Gasteiger partial charge is 0.265 e. The molecule has 0 saturated heterocycles. The number of nitrogens with zero attached hydrogens (tertiary/aromatic N) is 1. The minimum absolute atomic E-state index is 0.0540. The largest absolute Gasteiger partial charge is 0.372 e. The van der Waals surface area contributed by atoms with Crippen LogP contribution in [0.25, 0.3) is 0 Å². The van der Waals surface area contributed by atoms with Crippen molar-refractivity contribution in [1.29, 1.82) is 0 Å². The molecule has 0 aliphatic rings. The van der Waals surface area contributed by atoms with Gasteiger partial charge < -0.3 is 5.32 Å². The van der Waals surface area contributed by atoms with E-state index in [1.165, 1.54) is 25.4 Å². The van der Waals surface area contributed by atoms with Crippen LogP contribution in [0.15, 0.2) is 39.8 Å². The highest BCUT2D eigenvalue weighted by molar-refractivity contribution is 9.10. The van der Waals surface area contributed by atoms with Crippen LogP contribution in [0.1, 0.15) is 0 Å². The van der Waals surface area contributed by atoms with Crippen LogP contribution in [0.3, 0.4) is 0 Å². The Morgan fingerprint density at radius 3 is 2.62 bits per heavy atom. The fourth-order valence-corrected chi connectivity index (χ4v) is 3.16. The summed E-state index contributed by atoms with van der Waals surface area (Å²) >= 11 is 2.87. The van der Waals surface area contributed by atoms with Gasteiger partial charge in [-0.3, -0.25) is 4.72 Å². The zero-order valence-electron chi connectivity index (χ0n) is 10.7. The summed E-state index contributed by atoms with van der Waals surface area (Å²) in [6, 6.07) is 4.35. The Bertz CT molecular complexity index is 784. The maximum absolute atomic E-state index is 13.6. The van der Waals surface area contributed by atoms with Gasteiger partial charge in [-0.1, -0.05) is 0 Å². The number of anilines is 2. The second-order valence-electron chi connectivity index (χ2n) is 3.95. The molecule has 1 aromatic heterocycles. The molecule has 2 rings (SSSR count). The van der Waals surface area contributed by atoms with Gasteiger partial charge in [0.2, 0.25) is 0 Å². The molecule has 1 heterocycles. The molecule has 0 spiro atoms. The summed E-state index contributed by atoms with van der Waals surface area (Å²) in [5.41, 5.74) is -0.366. The molecule has 2 aromatic rings. The van der Waals surface area contributed by atoms with Crippen molar-refractivity contribution in [3.05, 3.63) is 46.6 Å². The number of pyridine rings is 1. The van der Waals surface area contributed by atoms with Crippen LogP contribution in [0.5, 0.6) is 0 Å². The van der Waals surface area contributed by atoms with Gasteiger partial charge in [-0.25, -0.2) is 22.2 Å². The maximum Gasteiger partial charge on any atom is 0.265 e. The molecule has 1 aromatic carbocycles. The van der Waals surface area contributed by atoms with Crippen LogP contribution in [-0.2, 0) is 10.0 Å². The first-order valence-electron chi connectivity index (χ1n) is 5.65. The molecule has 0 atom stereocenters. The number of sulfonamides is 1.